The van der Waals surface area contributed by atoms with Gasteiger partial charge in [0.05, 0.1) is 6.54 Å². The Kier molecular flexibility index (Phi) is 2.62. The van der Waals surface area contributed by atoms with Crippen molar-refractivity contribution in [3.8, 4) is 0 Å². The van der Waals surface area contributed by atoms with Crippen LogP contribution in [0.5, 0.6) is 0 Å². The number of guanidine groups is 1. The molecule has 14 heavy (non-hydrogen) atoms. The Morgan fingerprint density at radius 1 is 1.71 bits per heavy atom. The zero-order chi connectivity index (χ0) is 9.80. The maximum Gasteiger partial charge on any atom is 0.228 e. The lowest BCUT2D eigenvalue weighted by molar-refractivity contribution is 0.379. The van der Waals surface area contributed by atoms with Crippen LogP contribution in [0.15, 0.2) is 15.8 Å². The fraction of sp³-hybridized carbons (Fsp3) is 0.625. The van der Waals surface area contributed by atoms with Gasteiger partial charge in [0.25, 0.3) is 0 Å². The molecule has 0 amide bonds. The summed E-state index contributed by atoms with van der Waals surface area (Å²) in [5, 5.41) is 6.59. The van der Waals surface area contributed by atoms with Gasteiger partial charge in [0, 0.05) is 12.5 Å². The molecule has 1 aliphatic rings. The smallest absolute Gasteiger partial charge is 0.228 e. The minimum atomic E-state index is 0.506. The molecular formula is C8H13N5O. The molecule has 1 aromatic rings. The van der Waals surface area contributed by atoms with Crippen LogP contribution in [0.3, 0.4) is 0 Å². The number of aliphatic imine (C=N–C) groups is 1. The zero-order valence-electron chi connectivity index (χ0n) is 7.81. The Morgan fingerprint density at radius 2 is 2.57 bits per heavy atom. The Bertz CT molecular complexity index is 304. The van der Waals surface area contributed by atoms with E-state index < -0.39 is 0 Å². The van der Waals surface area contributed by atoms with Crippen molar-refractivity contribution in [2.45, 2.75) is 25.3 Å². The van der Waals surface area contributed by atoms with Crippen LogP contribution in [-0.4, -0.2) is 28.7 Å². The van der Waals surface area contributed by atoms with Crippen LogP contribution in [0.1, 0.15) is 18.7 Å². The molecule has 1 heterocycles. The van der Waals surface area contributed by atoms with Crippen molar-refractivity contribution in [2.75, 3.05) is 6.54 Å². The van der Waals surface area contributed by atoms with Crippen LogP contribution < -0.4 is 11.1 Å². The molecule has 6 nitrogen and oxygen atoms in total. The van der Waals surface area contributed by atoms with Crippen molar-refractivity contribution in [1.82, 2.24) is 15.5 Å². The summed E-state index contributed by atoms with van der Waals surface area (Å²) in [6.45, 7) is 0.577. The lowest BCUT2D eigenvalue weighted by Gasteiger charge is -2.01. The van der Waals surface area contributed by atoms with Crippen molar-refractivity contribution in [2.24, 2.45) is 10.7 Å². The quantitative estimate of drug-likeness (QED) is 0.507. The van der Waals surface area contributed by atoms with E-state index in [-0.39, 0.29) is 0 Å². The summed E-state index contributed by atoms with van der Waals surface area (Å²) in [4.78, 5) is 8.01. The number of rotatable bonds is 4. The lowest BCUT2D eigenvalue weighted by atomic mass is 10.4. The number of nitrogens with one attached hydrogen (secondary N) is 1. The van der Waals surface area contributed by atoms with E-state index in [4.69, 9.17) is 10.3 Å². The Morgan fingerprint density at radius 3 is 3.21 bits per heavy atom. The van der Waals surface area contributed by atoms with Gasteiger partial charge in [-0.25, -0.2) is 0 Å². The van der Waals surface area contributed by atoms with Gasteiger partial charge in [-0.15, -0.1) is 0 Å². The number of nitrogens with zero attached hydrogens (tertiary/aromatic N) is 3. The van der Waals surface area contributed by atoms with E-state index in [0.717, 1.165) is 0 Å². The van der Waals surface area contributed by atoms with Crippen molar-refractivity contribution in [1.29, 1.82) is 0 Å². The molecule has 0 unspecified atom stereocenters. The Hall–Kier alpha value is -1.59. The molecule has 1 fully saturated rings. The summed E-state index contributed by atoms with van der Waals surface area (Å²) in [6.07, 6.45) is 4.40. The van der Waals surface area contributed by atoms with Gasteiger partial charge in [-0.2, -0.15) is 4.98 Å². The van der Waals surface area contributed by atoms with Crippen LogP contribution in [0, 0.1) is 0 Å². The van der Waals surface area contributed by atoms with Gasteiger partial charge < -0.3 is 15.6 Å². The maximum atomic E-state index is 5.63. The molecule has 1 aromatic heterocycles. The van der Waals surface area contributed by atoms with E-state index >= 15 is 0 Å². The molecule has 76 valence electrons. The molecule has 0 radical (unpaired) electrons. The minimum absolute atomic E-state index is 0.506. The summed E-state index contributed by atoms with van der Waals surface area (Å²) in [5.41, 5.74) is 5.63. The summed E-state index contributed by atoms with van der Waals surface area (Å²) < 4.78 is 4.82. The summed E-state index contributed by atoms with van der Waals surface area (Å²) in [7, 11) is 0. The molecular weight excluding hydrogens is 182 g/mol. The van der Waals surface area contributed by atoms with Gasteiger partial charge >= 0.3 is 0 Å². The Labute approximate surface area is 81.6 Å². The largest absolute Gasteiger partial charge is 0.370 e. The first-order valence-corrected chi connectivity index (χ1v) is 4.66. The molecule has 0 atom stereocenters. The number of aromatic nitrogens is 2. The highest BCUT2D eigenvalue weighted by atomic mass is 16.5. The molecule has 2 rings (SSSR count). The SMILES string of the molecule is NC(=NCCc1ncno1)NC1CC1. The van der Waals surface area contributed by atoms with Gasteiger partial charge in [-0.1, -0.05) is 5.16 Å². The van der Waals surface area contributed by atoms with E-state index in [1.54, 1.807) is 0 Å². The van der Waals surface area contributed by atoms with Gasteiger partial charge in [0.15, 0.2) is 12.3 Å². The van der Waals surface area contributed by atoms with Crippen LogP contribution in [0.25, 0.3) is 0 Å². The van der Waals surface area contributed by atoms with Crippen molar-refractivity contribution >= 4 is 5.96 Å². The maximum absolute atomic E-state index is 5.63. The van der Waals surface area contributed by atoms with E-state index in [1.807, 2.05) is 0 Å². The van der Waals surface area contributed by atoms with Gasteiger partial charge in [-0.3, -0.25) is 4.99 Å². The van der Waals surface area contributed by atoms with Gasteiger partial charge in [0.2, 0.25) is 5.89 Å². The molecule has 1 saturated carbocycles. The van der Waals surface area contributed by atoms with Crippen molar-refractivity contribution in [3.63, 3.8) is 0 Å². The minimum Gasteiger partial charge on any atom is -0.370 e. The molecule has 1 aliphatic carbocycles. The third-order valence-corrected chi connectivity index (χ3v) is 1.94. The fourth-order valence-electron chi connectivity index (χ4n) is 1.06. The number of hydrogen-bond donors (Lipinski definition) is 2. The first kappa shape index (κ1) is 8.98. The second-order valence-electron chi connectivity index (χ2n) is 3.27. The van der Waals surface area contributed by atoms with Crippen LogP contribution in [-0.2, 0) is 6.42 Å². The molecule has 0 saturated heterocycles. The highest BCUT2D eigenvalue weighted by Crippen LogP contribution is 2.17. The summed E-state index contributed by atoms with van der Waals surface area (Å²) >= 11 is 0. The van der Waals surface area contributed by atoms with Crippen LogP contribution >= 0.6 is 0 Å². The second kappa shape index (κ2) is 4.08. The molecule has 3 N–H and O–H groups in total. The molecule has 0 spiro atoms. The van der Waals surface area contributed by atoms with Crippen LogP contribution in [0.4, 0.5) is 0 Å². The fourth-order valence-corrected chi connectivity index (χ4v) is 1.06. The predicted molar refractivity (Wildman–Crippen MR) is 50.6 cm³/mol. The first-order valence-electron chi connectivity index (χ1n) is 4.66. The van der Waals surface area contributed by atoms with E-state index in [9.17, 15) is 0 Å². The average molecular weight is 195 g/mol. The second-order valence-corrected chi connectivity index (χ2v) is 3.27. The van der Waals surface area contributed by atoms with Crippen molar-refractivity contribution in [3.05, 3.63) is 12.2 Å². The van der Waals surface area contributed by atoms with E-state index in [0.29, 0.717) is 30.9 Å². The number of nitrogens with two attached hydrogens (primary N) is 1. The van der Waals surface area contributed by atoms with Gasteiger partial charge in [-0.05, 0) is 12.8 Å². The first-order chi connectivity index (χ1) is 6.84. The van der Waals surface area contributed by atoms with E-state index in [2.05, 4.69) is 20.4 Å². The molecule has 6 heteroatoms. The van der Waals surface area contributed by atoms with Crippen LogP contribution in [0.2, 0.25) is 0 Å². The Balaban J connectivity index is 1.69. The van der Waals surface area contributed by atoms with E-state index in [1.165, 1.54) is 19.2 Å². The lowest BCUT2D eigenvalue weighted by Crippen LogP contribution is -2.33. The predicted octanol–water partition coefficient (Wildman–Crippen LogP) is -0.321. The summed E-state index contributed by atoms with van der Waals surface area (Å²) in [6, 6.07) is 0.544. The summed E-state index contributed by atoms with van der Waals surface area (Å²) in [5.74, 6) is 1.10. The molecule has 0 aromatic carbocycles. The standard InChI is InChI=1S/C8H13N5O/c9-8(13-6-1-2-6)10-4-3-7-11-5-12-14-7/h5-6H,1-4H2,(H3,9,10,13). The monoisotopic (exact) mass is 195 g/mol. The molecule has 0 bridgehead atoms. The van der Waals surface area contributed by atoms with Crippen molar-refractivity contribution < 1.29 is 4.52 Å². The normalized spacial score (nSPS) is 17.0. The zero-order valence-corrected chi connectivity index (χ0v) is 7.81. The highest BCUT2D eigenvalue weighted by Gasteiger charge is 2.21. The topological polar surface area (TPSA) is 89.3 Å². The highest BCUT2D eigenvalue weighted by molar-refractivity contribution is 5.78. The third-order valence-electron chi connectivity index (χ3n) is 1.94. The average Bonchev–Trinajstić information content (AvgIpc) is 2.82. The number of hydrogen-bond acceptors (Lipinski definition) is 4. The third kappa shape index (κ3) is 2.72. The molecule has 0 aliphatic heterocycles. The van der Waals surface area contributed by atoms with Gasteiger partial charge in [0.1, 0.15) is 0 Å².